The van der Waals surface area contributed by atoms with Gasteiger partial charge in [-0.25, -0.2) is 4.98 Å². The van der Waals surface area contributed by atoms with E-state index in [9.17, 15) is 0 Å². The molecule has 0 atom stereocenters. The quantitative estimate of drug-likeness (QED) is 0.329. The lowest BCUT2D eigenvalue weighted by Gasteiger charge is -1.99. The van der Waals surface area contributed by atoms with Crippen molar-refractivity contribution in [3.8, 4) is 11.5 Å². The number of alkyl halides is 2. The van der Waals surface area contributed by atoms with Crippen LogP contribution in [-0.2, 0) is 0 Å². The molecule has 2 nitrogen and oxygen atoms in total. The SMILES string of the molecule is BrC(Br)c1ccc2oc(-c3cccc(I)c3)nc2c1. The second-order valence-corrected chi connectivity index (χ2v) is 8.36. The fourth-order valence-corrected chi connectivity index (χ4v) is 2.94. The molecule has 0 N–H and O–H groups in total. The number of hydrogen-bond donors (Lipinski definition) is 0. The number of rotatable bonds is 2. The first kappa shape index (κ1) is 13.6. The molecule has 0 aliphatic heterocycles. The Morgan fingerprint density at radius 3 is 2.68 bits per heavy atom. The van der Waals surface area contributed by atoms with Crippen molar-refractivity contribution in [2.24, 2.45) is 0 Å². The fourth-order valence-electron chi connectivity index (χ4n) is 1.83. The summed E-state index contributed by atoms with van der Waals surface area (Å²) in [6, 6.07) is 14.1. The largest absolute Gasteiger partial charge is 0.436 e. The third-order valence-electron chi connectivity index (χ3n) is 2.74. The van der Waals surface area contributed by atoms with Crippen LogP contribution in [0.1, 0.15) is 9.30 Å². The third kappa shape index (κ3) is 2.87. The van der Waals surface area contributed by atoms with E-state index < -0.39 is 0 Å². The molecule has 96 valence electrons. The van der Waals surface area contributed by atoms with Crippen LogP contribution in [0, 0.1) is 3.57 Å². The van der Waals surface area contributed by atoms with Gasteiger partial charge < -0.3 is 4.42 Å². The van der Waals surface area contributed by atoms with Gasteiger partial charge in [0, 0.05) is 9.13 Å². The molecule has 2 aromatic carbocycles. The van der Waals surface area contributed by atoms with E-state index in [2.05, 4.69) is 65.5 Å². The molecule has 0 fully saturated rings. The molecule has 0 aliphatic carbocycles. The monoisotopic (exact) mass is 491 g/mol. The molecule has 1 aromatic heterocycles. The molecule has 19 heavy (non-hydrogen) atoms. The topological polar surface area (TPSA) is 26.0 Å². The van der Waals surface area contributed by atoms with Crippen LogP contribution in [0.15, 0.2) is 46.9 Å². The van der Waals surface area contributed by atoms with Crippen LogP contribution in [0.25, 0.3) is 22.6 Å². The Balaban J connectivity index is 2.11. The van der Waals surface area contributed by atoms with Crippen molar-refractivity contribution in [2.75, 3.05) is 0 Å². The van der Waals surface area contributed by atoms with Gasteiger partial charge in [-0.1, -0.05) is 44.0 Å². The summed E-state index contributed by atoms with van der Waals surface area (Å²) < 4.78 is 7.09. The van der Waals surface area contributed by atoms with Crippen LogP contribution in [0.5, 0.6) is 0 Å². The van der Waals surface area contributed by atoms with Crippen molar-refractivity contribution in [3.63, 3.8) is 0 Å². The van der Waals surface area contributed by atoms with E-state index in [1.807, 2.05) is 36.4 Å². The maximum atomic E-state index is 5.80. The Labute approximate surface area is 141 Å². The average Bonchev–Trinajstić information content (AvgIpc) is 2.81. The highest BCUT2D eigenvalue weighted by molar-refractivity contribution is 14.1. The summed E-state index contributed by atoms with van der Waals surface area (Å²) in [7, 11) is 0. The number of nitrogens with zero attached hydrogens (tertiary/aromatic N) is 1. The Bertz CT molecular complexity index is 739. The number of aromatic nitrogens is 1. The first-order valence-electron chi connectivity index (χ1n) is 5.58. The molecular weight excluding hydrogens is 485 g/mol. The molecule has 5 heteroatoms. The highest BCUT2D eigenvalue weighted by Gasteiger charge is 2.10. The highest BCUT2D eigenvalue weighted by Crippen LogP contribution is 2.32. The predicted octanol–water partition coefficient (Wildman–Crippen LogP) is 5.89. The molecule has 0 spiro atoms. The summed E-state index contributed by atoms with van der Waals surface area (Å²) in [5.74, 6) is 0.659. The van der Waals surface area contributed by atoms with Crippen LogP contribution in [0.2, 0.25) is 0 Å². The van der Waals surface area contributed by atoms with E-state index in [0.717, 1.165) is 22.2 Å². The number of halogens is 3. The van der Waals surface area contributed by atoms with Gasteiger partial charge in [0.05, 0.1) is 3.74 Å². The summed E-state index contributed by atoms with van der Waals surface area (Å²) in [4.78, 5) is 4.56. The second-order valence-electron chi connectivity index (χ2n) is 4.06. The zero-order valence-corrected chi connectivity index (χ0v) is 14.9. The van der Waals surface area contributed by atoms with Crippen molar-refractivity contribution < 1.29 is 4.42 Å². The van der Waals surface area contributed by atoms with Crippen molar-refractivity contribution >= 4 is 65.6 Å². The smallest absolute Gasteiger partial charge is 0.227 e. The van der Waals surface area contributed by atoms with E-state index in [4.69, 9.17) is 4.42 Å². The standard InChI is InChI=1S/C14H8Br2INO/c15-13(16)8-4-5-12-11(7-8)18-14(19-12)9-2-1-3-10(17)6-9/h1-7,13H. The van der Waals surface area contributed by atoms with Crippen molar-refractivity contribution in [1.82, 2.24) is 4.98 Å². The zero-order chi connectivity index (χ0) is 13.4. The maximum Gasteiger partial charge on any atom is 0.227 e. The minimum Gasteiger partial charge on any atom is -0.436 e. The van der Waals surface area contributed by atoms with Crippen LogP contribution in [0.4, 0.5) is 0 Å². The normalized spacial score (nSPS) is 11.4. The summed E-state index contributed by atoms with van der Waals surface area (Å²) in [6.45, 7) is 0. The van der Waals surface area contributed by atoms with Gasteiger partial charge in [0.25, 0.3) is 0 Å². The van der Waals surface area contributed by atoms with Crippen molar-refractivity contribution in [1.29, 1.82) is 0 Å². The minimum atomic E-state index is 0.127. The maximum absolute atomic E-state index is 5.80. The first-order valence-corrected chi connectivity index (χ1v) is 8.49. The Hall–Kier alpha value is -0.400. The number of oxazole rings is 1. The van der Waals surface area contributed by atoms with Crippen molar-refractivity contribution in [3.05, 3.63) is 51.6 Å². The van der Waals surface area contributed by atoms with Crippen molar-refractivity contribution in [2.45, 2.75) is 3.74 Å². The molecule has 0 aliphatic rings. The molecule has 0 saturated heterocycles. The number of benzene rings is 2. The lowest BCUT2D eigenvalue weighted by atomic mass is 10.2. The van der Waals surface area contributed by atoms with Gasteiger partial charge in [-0.3, -0.25) is 0 Å². The predicted molar refractivity (Wildman–Crippen MR) is 92.8 cm³/mol. The highest BCUT2D eigenvalue weighted by atomic mass is 127. The van der Waals surface area contributed by atoms with Gasteiger partial charge in [0.2, 0.25) is 5.89 Å². The molecule has 0 radical (unpaired) electrons. The van der Waals surface area contributed by atoms with Crippen LogP contribution in [-0.4, -0.2) is 4.98 Å². The molecule has 0 saturated carbocycles. The number of fused-ring (bicyclic) bond motifs is 1. The summed E-state index contributed by atoms with van der Waals surface area (Å²) in [5, 5.41) is 0. The minimum absolute atomic E-state index is 0.127. The summed E-state index contributed by atoms with van der Waals surface area (Å²) in [5.41, 5.74) is 3.79. The van der Waals surface area contributed by atoms with Crippen LogP contribution in [0.3, 0.4) is 0 Å². The molecule has 3 rings (SSSR count). The van der Waals surface area contributed by atoms with Gasteiger partial charge in [-0.05, 0) is 58.5 Å². The van der Waals surface area contributed by atoms with E-state index >= 15 is 0 Å². The summed E-state index contributed by atoms with van der Waals surface area (Å²) in [6.07, 6.45) is 0. The van der Waals surface area contributed by atoms with E-state index in [1.54, 1.807) is 0 Å². The lowest BCUT2D eigenvalue weighted by Crippen LogP contribution is -1.80. The first-order chi connectivity index (χ1) is 9.13. The molecule has 3 aromatic rings. The van der Waals surface area contributed by atoms with E-state index in [0.29, 0.717) is 5.89 Å². The fraction of sp³-hybridized carbons (Fsp3) is 0.0714. The third-order valence-corrected chi connectivity index (χ3v) is 4.46. The lowest BCUT2D eigenvalue weighted by molar-refractivity contribution is 0.620. The van der Waals surface area contributed by atoms with Gasteiger partial charge in [-0.2, -0.15) is 0 Å². The average molecular weight is 493 g/mol. The summed E-state index contributed by atoms with van der Waals surface area (Å²) >= 11 is 9.26. The van der Waals surface area contributed by atoms with Gasteiger partial charge in [0.15, 0.2) is 5.58 Å². The van der Waals surface area contributed by atoms with E-state index in [-0.39, 0.29) is 3.74 Å². The molecule has 0 bridgehead atoms. The Morgan fingerprint density at radius 2 is 1.95 bits per heavy atom. The van der Waals surface area contributed by atoms with Crippen LogP contribution >= 0.6 is 54.5 Å². The number of hydrogen-bond acceptors (Lipinski definition) is 2. The Morgan fingerprint density at radius 1 is 1.11 bits per heavy atom. The zero-order valence-electron chi connectivity index (χ0n) is 9.61. The van der Waals surface area contributed by atoms with Gasteiger partial charge in [-0.15, -0.1) is 0 Å². The Kier molecular flexibility index (Phi) is 3.96. The van der Waals surface area contributed by atoms with Gasteiger partial charge >= 0.3 is 0 Å². The molecule has 1 heterocycles. The second kappa shape index (κ2) is 5.54. The molecule has 0 unspecified atom stereocenters. The molecular formula is C14H8Br2INO. The van der Waals surface area contributed by atoms with Gasteiger partial charge in [0.1, 0.15) is 5.52 Å². The van der Waals surface area contributed by atoms with E-state index in [1.165, 1.54) is 3.57 Å². The molecule has 0 amide bonds. The van der Waals surface area contributed by atoms with Crippen LogP contribution < -0.4 is 0 Å².